The van der Waals surface area contributed by atoms with Gasteiger partial charge in [-0.15, -0.1) is 0 Å². The molecule has 2 heterocycles. The third-order valence-corrected chi connectivity index (χ3v) is 2.96. The molecule has 0 radical (unpaired) electrons. The normalized spacial score (nSPS) is 14.6. The summed E-state index contributed by atoms with van der Waals surface area (Å²) < 4.78 is 5.65. The van der Waals surface area contributed by atoms with E-state index in [1.807, 2.05) is 13.8 Å². The molecule has 0 bridgehead atoms. The zero-order chi connectivity index (χ0) is 13.3. The van der Waals surface area contributed by atoms with Crippen LogP contribution in [0.4, 0.5) is 0 Å². The van der Waals surface area contributed by atoms with E-state index in [9.17, 15) is 4.79 Å². The van der Waals surface area contributed by atoms with Gasteiger partial charge < -0.3 is 9.64 Å². The summed E-state index contributed by atoms with van der Waals surface area (Å²) in [5.41, 5.74) is 1.75. The van der Waals surface area contributed by atoms with Gasteiger partial charge in [-0.25, -0.2) is 4.98 Å². The van der Waals surface area contributed by atoms with Gasteiger partial charge in [0.1, 0.15) is 0 Å². The number of halogens is 1. The summed E-state index contributed by atoms with van der Waals surface area (Å²) in [5, 5.41) is 0.195. The lowest BCUT2D eigenvalue weighted by Gasteiger charge is -2.28. The molecule has 0 saturated heterocycles. The Balaban J connectivity index is 2.37. The molecule has 0 fully saturated rings. The van der Waals surface area contributed by atoms with Crippen molar-refractivity contribution in [2.24, 2.45) is 0 Å². The van der Waals surface area contributed by atoms with Crippen LogP contribution in [0.2, 0.25) is 5.28 Å². The van der Waals surface area contributed by atoms with Gasteiger partial charge in [0.15, 0.2) is 0 Å². The van der Waals surface area contributed by atoms with E-state index in [0.29, 0.717) is 25.4 Å². The van der Waals surface area contributed by atoms with Crippen LogP contribution in [0.15, 0.2) is 0 Å². The zero-order valence-corrected chi connectivity index (χ0v) is 11.5. The monoisotopic (exact) mass is 269 g/mol. The minimum absolute atomic E-state index is 0.00720. The first kappa shape index (κ1) is 13.1. The largest absolute Gasteiger partial charge is 0.475 e. The van der Waals surface area contributed by atoms with Crippen LogP contribution in [0.25, 0.3) is 0 Å². The van der Waals surface area contributed by atoms with Gasteiger partial charge in [0, 0.05) is 19.9 Å². The molecule has 0 atom stereocenters. The Labute approximate surface area is 111 Å². The van der Waals surface area contributed by atoms with Gasteiger partial charge in [0.2, 0.25) is 17.1 Å². The highest BCUT2D eigenvalue weighted by Gasteiger charge is 2.24. The molecule has 18 heavy (non-hydrogen) atoms. The van der Waals surface area contributed by atoms with Gasteiger partial charge in [-0.05, 0) is 25.4 Å². The Morgan fingerprint density at radius 2 is 2.17 bits per heavy atom. The highest BCUT2D eigenvalue weighted by molar-refractivity contribution is 6.28. The van der Waals surface area contributed by atoms with Gasteiger partial charge in [0.05, 0.1) is 23.9 Å². The molecular weight excluding hydrogens is 254 g/mol. The molecule has 0 N–H and O–H groups in total. The molecule has 0 spiro atoms. The van der Waals surface area contributed by atoms with Crippen molar-refractivity contribution in [2.45, 2.75) is 39.8 Å². The van der Waals surface area contributed by atoms with Crippen LogP contribution in [-0.2, 0) is 17.8 Å². The van der Waals surface area contributed by atoms with Gasteiger partial charge in [0.25, 0.3) is 0 Å². The standard InChI is InChI=1S/C12H16ClN3O2/c1-7(2)18-11-9-6-16(8(3)17)5-4-10(9)14-12(13)15-11/h7H,4-6H2,1-3H3. The molecule has 1 aliphatic heterocycles. The van der Waals surface area contributed by atoms with Crippen molar-refractivity contribution >= 4 is 17.5 Å². The highest BCUT2D eigenvalue weighted by atomic mass is 35.5. The Morgan fingerprint density at radius 1 is 1.44 bits per heavy atom. The number of fused-ring (bicyclic) bond motifs is 1. The maximum Gasteiger partial charge on any atom is 0.225 e. The second kappa shape index (κ2) is 5.10. The van der Waals surface area contributed by atoms with Crippen LogP contribution in [0, 0.1) is 0 Å². The maximum absolute atomic E-state index is 11.4. The topological polar surface area (TPSA) is 55.3 Å². The molecule has 5 nitrogen and oxygen atoms in total. The highest BCUT2D eigenvalue weighted by Crippen LogP contribution is 2.27. The van der Waals surface area contributed by atoms with Crippen molar-refractivity contribution in [3.8, 4) is 5.88 Å². The average Bonchev–Trinajstić information content (AvgIpc) is 2.27. The van der Waals surface area contributed by atoms with Crippen molar-refractivity contribution in [1.82, 2.24) is 14.9 Å². The molecular formula is C12H16ClN3O2. The van der Waals surface area contributed by atoms with E-state index in [0.717, 1.165) is 11.3 Å². The molecule has 2 rings (SSSR count). The number of hydrogen-bond donors (Lipinski definition) is 0. The fourth-order valence-corrected chi connectivity index (χ4v) is 2.12. The first-order chi connectivity index (χ1) is 8.47. The Hall–Kier alpha value is -1.36. The first-order valence-corrected chi connectivity index (χ1v) is 6.32. The number of carbonyl (C=O) groups excluding carboxylic acids is 1. The van der Waals surface area contributed by atoms with Crippen LogP contribution >= 0.6 is 11.6 Å². The second-order valence-corrected chi connectivity index (χ2v) is 4.92. The van der Waals surface area contributed by atoms with E-state index >= 15 is 0 Å². The Bertz CT molecular complexity index is 477. The quantitative estimate of drug-likeness (QED) is 0.769. The summed E-state index contributed by atoms with van der Waals surface area (Å²) in [4.78, 5) is 21.5. The molecule has 0 aliphatic carbocycles. The summed E-state index contributed by atoms with van der Waals surface area (Å²) in [6.45, 7) is 6.56. The fraction of sp³-hybridized carbons (Fsp3) is 0.583. The van der Waals surface area contributed by atoms with Gasteiger partial charge in [-0.1, -0.05) is 0 Å². The molecule has 0 saturated carbocycles. The van der Waals surface area contributed by atoms with Crippen molar-refractivity contribution in [3.63, 3.8) is 0 Å². The van der Waals surface area contributed by atoms with Crippen LogP contribution < -0.4 is 4.74 Å². The number of aromatic nitrogens is 2. The number of nitrogens with zero attached hydrogens (tertiary/aromatic N) is 3. The number of hydrogen-bond acceptors (Lipinski definition) is 4. The molecule has 0 aromatic carbocycles. The molecule has 1 aromatic heterocycles. The second-order valence-electron chi connectivity index (χ2n) is 4.58. The van der Waals surface area contributed by atoms with Gasteiger partial charge in [-0.2, -0.15) is 4.98 Å². The SMILES string of the molecule is CC(=O)N1CCc2nc(Cl)nc(OC(C)C)c2C1. The lowest BCUT2D eigenvalue weighted by atomic mass is 10.1. The molecule has 1 aromatic rings. The molecule has 0 unspecified atom stereocenters. The van der Waals surface area contributed by atoms with Crippen molar-refractivity contribution < 1.29 is 9.53 Å². The summed E-state index contributed by atoms with van der Waals surface area (Å²) >= 11 is 5.88. The third-order valence-electron chi connectivity index (χ3n) is 2.79. The lowest BCUT2D eigenvalue weighted by molar-refractivity contribution is -0.129. The molecule has 1 amide bonds. The number of carbonyl (C=O) groups is 1. The van der Waals surface area contributed by atoms with Gasteiger partial charge >= 0.3 is 0 Å². The fourth-order valence-electron chi connectivity index (χ4n) is 1.94. The van der Waals surface area contributed by atoms with Crippen LogP contribution in [0.1, 0.15) is 32.0 Å². The van der Waals surface area contributed by atoms with Crippen molar-refractivity contribution in [2.75, 3.05) is 6.54 Å². The van der Waals surface area contributed by atoms with E-state index in [-0.39, 0.29) is 17.3 Å². The van der Waals surface area contributed by atoms with Crippen LogP contribution in [0.3, 0.4) is 0 Å². The van der Waals surface area contributed by atoms with Gasteiger partial charge in [-0.3, -0.25) is 4.79 Å². The minimum Gasteiger partial charge on any atom is -0.475 e. The Kier molecular flexibility index (Phi) is 3.71. The van der Waals surface area contributed by atoms with E-state index in [1.54, 1.807) is 11.8 Å². The smallest absolute Gasteiger partial charge is 0.225 e. The van der Waals surface area contributed by atoms with E-state index in [1.165, 1.54) is 0 Å². The molecule has 6 heteroatoms. The molecule has 1 aliphatic rings. The van der Waals surface area contributed by atoms with E-state index < -0.39 is 0 Å². The van der Waals surface area contributed by atoms with Crippen molar-refractivity contribution in [3.05, 3.63) is 16.5 Å². The summed E-state index contributed by atoms with van der Waals surface area (Å²) in [7, 11) is 0. The number of rotatable bonds is 2. The minimum atomic E-state index is 0.00720. The Morgan fingerprint density at radius 3 is 2.78 bits per heavy atom. The van der Waals surface area contributed by atoms with Crippen LogP contribution in [0.5, 0.6) is 5.88 Å². The van der Waals surface area contributed by atoms with Crippen molar-refractivity contribution in [1.29, 1.82) is 0 Å². The first-order valence-electron chi connectivity index (χ1n) is 5.95. The van der Waals surface area contributed by atoms with E-state index in [4.69, 9.17) is 16.3 Å². The average molecular weight is 270 g/mol. The summed E-state index contributed by atoms with van der Waals surface area (Å²) in [6, 6.07) is 0. The lowest BCUT2D eigenvalue weighted by Crippen LogP contribution is -2.35. The zero-order valence-electron chi connectivity index (χ0n) is 10.7. The third kappa shape index (κ3) is 2.72. The number of ether oxygens (including phenoxy) is 1. The summed E-state index contributed by atoms with van der Waals surface area (Å²) in [5.74, 6) is 0.539. The maximum atomic E-state index is 11.4. The predicted molar refractivity (Wildman–Crippen MR) is 67.6 cm³/mol. The number of amides is 1. The molecule has 98 valence electrons. The summed E-state index contributed by atoms with van der Waals surface area (Å²) in [6.07, 6.45) is 0.693. The van der Waals surface area contributed by atoms with E-state index in [2.05, 4.69) is 9.97 Å². The van der Waals surface area contributed by atoms with Crippen LogP contribution in [-0.4, -0.2) is 33.4 Å². The predicted octanol–water partition coefficient (Wildman–Crippen LogP) is 1.82.